The van der Waals surface area contributed by atoms with E-state index in [1.54, 1.807) is 0 Å². The lowest BCUT2D eigenvalue weighted by Crippen LogP contribution is -2.33. The second kappa shape index (κ2) is 8.44. The Labute approximate surface area is 166 Å². The molecule has 0 atom stereocenters. The predicted molar refractivity (Wildman–Crippen MR) is 97.7 cm³/mol. The molecular weight excluding hydrogens is 413 g/mol. The molecule has 0 bridgehead atoms. The van der Waals surface area contributed by atoms with Crippen LogP contribution in [-0.4, -0.2) is 39.1 Å². The van der Waals surface area contributed by atoms with Gasteiger partial charge in [0, 0.05) is 23.2 Å². The molecule has 1 heterocycles. The van der Waals surface area contributed by atoms with E-state index in [1.807, 2.05) is 0 Å². The largest absolute Gasteiger partial charge is 0.467 e. The highest BCUT2D eigenvalue weighted by Gasteiger charge is 2.24. The van der Waals surface area contributed by atoms with Crippen LogP contribution in [0.3, 0.4) is 0 Å². The number of likely N-dealkylation sites (N-methyl/N-ethyl adjacent to an activating group) is 1. The smallest absolute Gasteiger partial charge is 0.321 e. The quantitative estimate of drug-likeness (QED) is 0.657. The predicted octanol–water partition coefficient (Wildman–Crippen LogP) is 2.71. The molecule has 0 saturated heterocycles. The summed E-state index contributed by atoms with van der Waals surface area (Å²) in [5.74, 6) is -0.894. The number of benzene rings is 2. The monoisotopic (exact) mass is 429 g/mol. The van der Waals surface area contributed by atoms with Crippen LogP contribution >= 0.6 is 11.6 Å². The van der Waals surface area contributed by atoms with E-state index >= 15 is 0 Å². The fraction of sp³-hybridized carbons (Fsp3) is 0.278. The third kappa shape index (κ3) is 4.61. The van der Waals surface area contributed by atoms with E-state index in [0.29, 0.717) is 21.9 Å². The van der Waals surface area contributed by atoms with Gasteiger partial charge in [0.05, 0.1) is 11.5 Å². The first kappa shape index (κ1) is 20.5. The van der Waals surface area contributed by atoms with Gasteiger partial charge in [-0.15, -0.1) is 0 Å². The van der Waals surface area contributed by atoms with E-state index < -0.39 is 28.4 Å². The van der Waals surface area contributed by atoms with E-state index in [2.05, 4.69) is 0 Å². The lowest BCUT2D eigenvalue weighted by Gasteiger charge is -2.21. The number of rotatable bonds is 6. The molecular formula is C18H17ClFNO6S. The van der Waals surface area contributed by atoms with Crippen molar-refractivity contribution in [3.8, 4) is 5.75 Å². The Hall–Kier alpha value is -2.20. The Morgan fingerprint density at radius 1 is 1.29 bits per heavy atom. The molecule has 0 saturated carbocycles. The van der Waals surface area contributed by atoms with Gasteiger partial charge < -0.3 is 14.2 Å². The van der Waals surface area contributed by atoms with Gasteiger partial charge in [-0.25, -0.2) is 12.8 Å². The first-order valence-electron chi connectivity index (χ1n) is 8.17. The maximum Gasteiger partial charge on any atom is 0.321 e. The molecule has 0 aliphatic carbocycles. The third-order valence-electron chi connectivity index (χ3n) is 4.01. The van der Waals surface area contributed by atoms with Gasteiger partial charge in [-0.3, -0.25) is 4.79 Å². The lowest BCUT2D eigenvalue weighted by atomic mass is 10.1. The molecule has 3 rings (SSSR count). The van der Waals surface area contributed by atoms with Crippen molar-refractivity contribution in [1.82, 2.24) is 4.31 Å². The summed E-state index contributed by atoms with van der Waals surface area (Å²) in [6.45, 7) is -0.558. The molecule has 0 fully saturated rings. The van der Waals surface area contributed by atoms with Gasteiger partial charge in [-0.2, -0.15) is 4.31 Å². The molecule has 0 unspecified atom stereocenters. The highest BCUT2D eigenvalue weighted by molar-refractivity contribution is 7.89. The van der Waals surface area contributed by atoms with Gasteiger partial charge in [0.25, 0.3) is 0 Å². The summed E-state index contributed by atoms with van der Waals surface area (Å²) >= 11 is 5.76. The number of carbonyl (C=O) groups is 1. The normalized spacial score (nSPS) is 13.7. The second-order valence-electron chi connectivity index (χ2n) is 6.04. The Bertz CT molecular complexity index is 980. The Balaban J connectivity index is 1.64. The van der Waals surface area contributed by atoms with Crippen LogP contribution < -0.4 is 4.74 Å². The number of esters is 1. The van der Waals surface area contributed by atoms with Crippen LogP contribution in [0.4, 0.5) is 4.39 Å². The molecule has 28 heavy (non-hydrogen) atoms. The number of fused-ring (bicyclic) bond motifs is 1. The Morgan fingerprint density at radius 3 is 2.71 bits per heavy atom. The summed E-state index contributed by atoms with van der Waals surface area (Å²) in [6, 6.07) is 8.06. The van der Waals surface area contributed by atoms with Crippen molar-refractivity contribution in [1.29, 1.82) is 0 Å². The van der Waals surface area contributed by atoms with Crippen molar-refractivity contribution >= 4 is 27.6 Å². The summed E-state index contributed by atoms with van der Waals surface area (Å²) in [5.41, 5.74) is 0.856. The first-order valence-corrected chi connectivity index (χ1v) is 9.98. The number of ether oxygens (including phenoxy) is 3. The minimum Gasteiger partial charge on any atom is -0.467 e. The van der Waals surface area contributed by atoms with Crippen LogP contribution in [0.2, 0.25) is 5.02 Å². The van der Waals surface area contributed by atoms with Gasteiger partial charge in [0.15, 0.2) is 6.79 Å². The van der Waals surface area contributed by atoms with Gasteiger partial charge in [0.2, 0.25) is 10.0 Å². The number of hydrogen-bond acceptors (Lipinski definition) is 6. The number of sulfonamides is 1. The third-order valence-corrected chi connectivity index (χ3v) is 6.08. The molecule has 1 aliphatic heterocycles. The van der Waals surface area contributed by atoms with Crippen LogP contribution in [-0.2, 0) is 37.5 Å². The summed E-state index contributed by atoms with van der Waals surface area (Å²) in [4.78, 5) is 12.1. The standard InChI is InChI=1S/C18H17ClFNO6S/c1-21(28(23,24)16-4-2-14(19)3-5-16)8-17(22)26-10-13-7-15(20)6-12-9-25-11-27-18(12)13/h2-7H,8-11H2,1H3. The Morgan fingerprint density at radius 2 is 2.00 bits per heavy atom. The first-order chi connectivity index (χ1) is 13.3. The van der Waals surface area contributed by atoms with E-state index in [9.17, 15) is 17.6 Å². The van der Waals surface area contributed by atoms with E-state index in [0.717, 1.165) is 4.31 Å². The van der Waals surface area contributed by atoms with Crippen molar-refractivity contribution < 1.29 is 31.8 Å². The molecule has 0 spiro atoms. The molecule has 1 aliphatic rings. The molecule has 10 heteroatoms. The van der Waals surface area contributed by atoms with Gasteiger partial charge in [-0.05, 0) is 36.4 Å². The lowest BCUT2D eigenvalue weighted by molar-refractivity contribution is -0.145. The summed E-state index contributed by atoms with van der Waals surface area (Å²) < 4.78 is 55.1. The van der Waals surface area contributed by atoms with E-state index in [1.165, 1.54) is 43.4 Å². The second-order valence-corrected chi connectivity index (χ2v) is 8.52. The minimum absolute atomic E-state index is 0.000185. The van der Waals surface area contributed by atoms with Crippen molar-refractivity contribution in [2.45, 2.75) is 18.1 Å². The van der Waals surface area contributed by atoms with E-state index in [4.69, 9.17) is 25.8 Å². The highest BCUT2D eigenvalue weighted by atomic mass is 35.5. The molecule has 0 N–H and O–H groups in total. The highest BCUT2D eigenvalue weighted by Crippen LogP contribution is 2.30. The van der Waals surface area contributed by atoms with Crippen molar-refractivity contribution in [2.75, 3.05) is 20.4 Å². The van der Waals surface area contributed by atoms with Gasteiger partial charge >= 0.3 is 5.97 Å². The van der Waals surface area contributed by atoms with Crippen molar-refractivity contribution in [2.24, 2.45) is 0 Å². The van der Waals surface area contributed by atoms with Gasteiger partial charge in [-0.1, -0.05) is 11.6 Å². The van der Waals surface area contributed by atoms with Crippen LogP contribution in [0.15, 0.2) is 41.3 Å². The van der Waals surface area contributed by atoms with Crippen molar-refractivity contribution in [3.63, 3.8) is 0 Å². The summed E-state index contributed by atoms with van der Waals surface area (Å²) in [7, 11) is -2.62. The molecule has 0 radical (unpaired) electrons. The molecule has 7 nitrogen and oxygen atoms in total. The topological polar surface area (TPSA) is 82.1 Å². The number of carbonyl (C=O) groups excluding carboxylic acids is 1. The van der Waals surface area contributed by atoms with E-state index in [-0.39, 0.29) is 24.9 Å². The number of nitrogens with zero attached hydrogens (tertiary/aromatic N) is 1. The number of hydrogen-bond donors (Lipinski definition) is 0. The van der Waals surface area contributed by atoms with Crippen LogP contribution in [0.1, 0.15) is 11.1 Å². The maximum absolute atomic E-state index is 13.7. The maximum atomic E-state index is 13.7. The summed E-state index contributed by atoms with van der Waals surface area (Å²) in [6.07, 6.45) is 0. The van der Waals surface area contributed by atoms with Crippen LogP contribution in [0.5, 0.6) is 5.75 Å². The average Bonchev–Trinajstić information content (AvgIpc) is 2.66. The minimum atomic E-state index is -3.88. The molecule has 2 aromatic rings. The summed E-state index contributed by atoms with van der Waals surface area (Å²) in [5, 5.41) is 0.395. The molecule has 2 aromatic carbocycles. The van der Waals surface area contributed by atoms with Crippen LogP contribution in [0.25, 0.3) is 0 Å². The molecule has 150 valence electrons. The molecule has 0 amide bonds. The zero-order valence-corrected chi connectivity index (χ0v) is 16.4. The number of halogens is 2. The zero-order chi connectivity index (χ0) is 20.3. The average molecular weight is 430 g/mol. The fourth-order valence-electron chi connectivity index (χ4n) is 2.62. The van der Waals surface area contributed by atoms with Gasteiger partial charge in [0.1, 0.15) is 24.7 Å². The van der Waals surface area contributed by atoms with Crippen LogP contribution in [0, 0.1) is 5.82 Å². The molecule has 0 aromatic heterocycles. The zero-order valence-electron chi connectivity index (χ0n) is 14.9. The fourth-order valence-corrected chi connectivity index (χ4v) is 3.86. The SMILES string of the molecule is CN(CC(=O)OCc1cc(F)cc2c1OCOC2)S(=O)(=O)c1ccc(Cl)cc1. The van der Waals surface area contributed by atoms with Crippen molar-refractivity contribution in [3.05, 3.63) is 58.4 Å². The Kier molecular flexibility index (Phi) is 6.19.